The standard InChI is InChI=1S/C16H20N2O2/c1-13-7-5-6-10-16(13,12-17)18-15(19)20-11-14-8-3-2-4-9-14/h2-4,8-9,13H,5-7,10-11H2,1H3,(H,18,19)/t13-,16+/m0/s1. The van der Waals surface area contributed by atoms with E-state index in [4.69, 9.17) is 4.74 Å². The molecule has 1 amide bonds. The normalized spacial score (nSPS) is 25.5. The van der Waals surface area contributed by atoms with Crippen LogP contribution in [0.3, 0.4) is 0 Å². The van der Waals surface area contributed by atoms with Gasteiger partial charge >= 0.3 is 6.09 Å². The molecule has 0 spiro atoms. The maximum Gasteiger partial charge on any atom is 0.408 e. The fraction of sp³-hybridized carbons (Fsp3) is 0.500. The predicted octanol–water partition coefficient (Wildman–Crippen LogP) is 3.39. The number of rotatable bonds is 3. The van der Waals surface area contributed by atoms with E-state index < -0.39 is 11.6 Å². The first-order valence-electron chi connectivity index (χ1n) is 7.06. The molecule has 1 fully saturated rings. The number of nitriles is 1. The molecule has 0 aromatic heterocycles. The fourth-order valence-corrected chi connectivity index (χ4v) is 2.67. The highest BCUT2D eigenvalue weighted by Gasteiger charge is 2.40. The Bertz CT molecular complexity index is 495. The number of amides is 1. The van der Waals surface area contributed by atoms with Gasteiger partial charge in [-0.05, 0) is 24.3 Å². The van der Waals surface area contributed by atoms with Crippen LogP contribution in [0, 0.1) is 17.2 Å². The van der Waals surface area contributed by atoms with E-state index in [1.807, 2.05) is 37.3 Å². The molecule has 0 radical (unpaired) electrons. The van der Waals surface area contributed by atoms with Crippen LogP contribution in [0.4, 0.5) is 4.79 Å². The van der Waals surface area contributed by atoms with E-state index in [1.54, 1.807) is 0 Å². The second kappa shape index (κ2) is 6.42. The second-order valence-corrected chi connectivity index (χ2v) is 5.42. The molecule has 4 nitrogen and oxygen atoms in total. The molecule has 4 heteroatoms. The molecule has 0 unspecified atom stereocenters. The summed E-state index contributed by atoms with van der Waals surface area (Å²) in [6.45, 7) is 2.24. The van der Waals surface area contributed by atoms with Crippen molar-refractivity contribution in [2.45, 2.75) is 44.8 Å². The molecule has 0 saturated heterocycles. The van der Waals surface area contributed by atoms with Gasteiger partial charge in [0.2, 0.25) is 0 Å². The van der Waals surface area contributed by atoms with E-state index in [-0.39, 0.29) is 12.5 Å². The summed E-state index contributed by atoms with van der Waals surface area (Å²) >= 11 is 0. The van der Waals surface area contributed by atoms with Crippen LogP contribution in [-0.2, 0) is 11.3 Å². The molecule has 1 aromatic carbocycles. The number of nitrogens with one attached hydrogen (secondary N) is 1. The van der Waals surface area contributed by atoms with E-state index in [1.165, 1.54) is 0 Å². The molecule has 106 valence electrons. The van der Waals surface area contributed by atoms with Crippen molar-refractivity contribution in [1.82, 2.24) is 5.32 Å². The van der Waals surface area contributed by atoms with Gasteiger partial charge in [-0.15, -0.1) is 0 Å². The van der Waals surface area contributed by atoms with Crippen LogP contribution in [0.25, 0.3) is 0 Å². The minimum atomic E-state index is -0.772. The van der Waals surface area contributed by atoms with Crippen LogP contribution in [0.5, 0.6) is 0 Å². The van der Waals surface area contributed by atoms with Gasteiger partial charge in [-0.2, -0.15) is 5.26 Å². The van der Waals surface area contributed by atoms with Gasteiger partial charge in [0.1, 0.15) is 12.1 Å². The van der Waals surface area contributed by atoms with E-state index >= 15 is 0 Å². The molecular formula is C16H20N2O2. The number of alkyl carbamates (subject to hydrolysis) is 1. The number of ether oxygens (including phenoxy) is 1. The Morgan fingerprint density at radius 1 is 1.45 bits per heavy atom. The van der Waals surface area contributed by atoms with Crippen LogP contribution in [0.1, 0.15) is 38.2 Å². The van der Waals surface area contributed by atoms with Gasteiger partial charge in [0.05, 0.1) is 6.07 Å². The Hall–Kier alpha value is -2.02. The monoisotopic (exact) mass is 272 g/mol. The Balaban J connectivity index is 1.91. The topological polar surface area (TPSA) is 62.1 Å². The largest absolute Gasteiger partial charge is 0.445 e. The third kappa shape index (κ3) is 3.30. The second-order valence-electron chi connectivity index (χ2n) is 5.42. The molecular weight excluding hydrogens is 252 g/mol. The molecule has 1 saturated carbocycles. The van der Waals surface area contributed by atoms with Crippen molar-refractivity contribution in [3.63, 3.8) is 0 Å². The molecule has 2 atom stereocenters. The molecule has 1 aliphatic carbocycles. The lowest BCUT2D eigenvalue weighted by atomic mass is 9.75. The average molecular weight is 272 g/mol. The summed E-state index contributed by atoms with van der Waals surface area (Å²) in [6, 6.07) is 11.8. The van der Waals surface area contributed by atoms with Crippen molar-refractivity contribution in [2.24, 2.45) is 5.92 Å². The summed E-state index contributed by atoms with van der Waals surface area (Å²) in [5.41, 5.74) is 0.164. The molecule has 2 rings (SSSR count). The lowest BCUT2D eigenvalue weighted by molar-refractivity contribution is 0.116. The molecule has 0 aliphatic heterocycles. The first kappa shape index (κ1) is 14.4. The Morgan fingerprint density at radius 2 is 2.20 bits per heavy atom. The van der Waals surface area contributed by atoms with Crippen LogP contribution in [-0.4, -0.2) is 11.6 Å². The van der Waals surface area contributed by atoms with Gasteiger partial charge < -0.3 is 10.1 Å². The molecule has 1 N–H and O–H groups in total. The molecule has 1 aromatic rings. The maximum atomic E-state index is 11.9. The third-order valence-electron chi connectivity index (χ3n) is 4.04. The lowest BCUT2D eigenvalue weighted by Crippen LogP contribution is -2.53. The van der Waals surface area contributed by atoms with Gasteiger partial charge in [-0.1, -0.05) is 50.1 Å². The Kier molecular flexibility index (Phi) is 4.62. The van der Waals surface area contributed by atoms with E-state index in [0.717, 1.165) is 24.8 Å². The predicted molar refractivity (Wildman–Crippen MR) is 75.7 cm³/mol. The van der Waals surface area contributed by atoms with Crippen molar-refractivity contribution in [3.05, 3.63) is 35.9 Å². The van der Waals surface area contributed by atoms with Crippen LogP contribution < -0.4 is 5.32 Å². The number of carbonyl (C=O) groups is 1. The summed E-state index contributed by atoms with van der Waals surface area (Å²) in [7, 11) is 0. The molecule has 20 heavy (non-hydrogen) atoms. The van der Waals surface area contributed by atoms with Crippen molar-refractivity contribution >= 4 is 6.09 Å². The number of benzene rings is 1. The highest BCUT2D eigenvalue weighted by molar-refractivity contribution is 5.69. The molecule has 0 bridgehead atoms. The summed E-state index contributed by atoms with van der Waals surface area (Å²) in [5, 5.41) is 12.2. The SMILES string of the molecule is C[C@H]1CCCC[C@]1(C#N)NC(=O)OCc1ccccc1. The maximum absolute atomic E-state index is 11.9. The first-order chi connectivity index (χ1) is 9.66. The van der Waals surface area contributed by atoms with Gasteiger partial charge in [0.15, 0.2) is 0 Å². The smallest absolute Gasteiger partial charge is 0.408 e. The summed E-state index contributed by atoms with van der Waals surface area (Å²) in [4.78, 5) is 11.9. The zero-order chi connectivity index (χ0) is 14.4. The zero-order valence-electron chi connectivity index (χ0n) is 11.8. The zero-order valence-corrected chi connectivity index (χ0v) is 11.8. The number of hydrogen-bond acceptors (Lipinski definition) is 3. The van der Waals surface area contributed by atoms with Crippen molar-refractivity contribution < 1.29 is 9.53 Å². The number of hydrogen-bond donors (Lipinski definition) is 1. The first-order valence-corrected chi connectivity index (χ1v) is 7.06. The van der Waals surface area contributed by atoms with Crippen LogP contribution in [0.15, 0.2) is 30.3 Å². The number of carbonyl (C=O) groups excluding carboxylic acids is 1. The Morgan fingerprint density at radius 3 is 2.85 bits per heavy atom. The van der Waals surface area contributed by atoms with E-state index in [9.17, 15) is 10.1 Å². The van der Waals surface area contributed by atoms with Gasteiger partial charge in [0.25, 0.3) is 0 Å². The average Bonchev–Trinajstić information content (AvgIpc) is 2.49. The lowest BCUT2D eigenvalue weighted by Gasteiger charge is -2.36. The minimum Gasteiger partial charge on any atom is -0.445 e. The quantitative estimate of drug-likeness (QED) is 0.917. The summed E-state index contributed by atoms with van der Waals surface area (Å²) in [6.07, 6.45) is 3.24. The van der Waals surface area contributed by atoms with Crippen molar-refractivity contribution in [1.29, 1.82) is 5.26 Å². The Labute approximate surface area is 119 Å². The minimum absolute atomic E-state index is 0.158. The van der Waals surface area contributed by atoms with Gasteiger partial charge in [0, 0.05) is 0 Å². The van der Waals surface area contributed by atoms with Gasteiger partial charge in [-0.3, -0.25) is 0 Å². The summed E-state index contributed by atoms with van der Waals surface area (Å²) < 4.78 is 5.20. The van der Waals surface area contributed by atoms with E-state index in [0.29, 0.717) is 6.42 Å². The molecule has 0 heterocycles. The van der Waals surface area contributed by atoms with Crippen LogP contribution >= 0.6 is 0 Å². The van der Waals surface area contributed by atoms with Crippen molar-refractivity contribution in [3.8, 4) is 6.07 Å². The number of nitrogens with zero attached hydrogens (tertiary/aromatic N) is 1. The van der Waals surface area contributed by atoms with Crippen LogP contribution in [0.2, 0.25) is 0 Å². The van der Waals surface area contributed by atoms with E-state index in [2.05, 4.69) is 11.4 Å². The highest BCUT2D eigenvalue weighted by Crippen LogP contribution is 2.33. The fourth-order valence-electron chi connectivity index (χ4n) is 2.67. The van der Waals surface area contributed by atoms with Gasteiger partial charge in [-0.25, -0.2) is 4.79 Å². The van der Waals surface area contributed by atoms with Crippen molar-refractivity contribution in [2.75, 3.05) is 0 Å². The third-order valence-corrected chi connectivity index (χ3v) is 4.04. The summed E-state index contributed by atoms with van der Waals surface area (Å²) in [5.74, 6) is 0.158. The highest BCUT2D eigenvalue weighted by atomic mass is 16.5. The molecule has 1 aliphatic rings.